The molecule has 0 N–H and O–H groups in total. The summed E-state index contributed by atoms with van der Waals surface area (Å²) in [7, 11) is 0. The van der Waals surface area contributed by atoms with E-state index in [0.29, 0.717) is 6.04 Å². The highest BCUT2D eigenvalue weighted by molar-refractivity contribution is 5.11. The van der Waals surface area contributed by atoms with Gasteiger partial charge in [0.1, 0.15) is 0 Å². The van der Waals surface area contributed by atoms with Crippen LogP contribution < -0.4 is 0 Å². The summed E-state index contributed by atoms with van der Waals surface area (Å²) in [6.45, 7) is 6.03. The SMILES string of the molecule is Cc1ccc(C)nc1.[3H]c1ccc(C)cc1. The Kier molecular flexibility index (Phi) is 3.94. The number of aryl methyl sites for hydroxylation is 3. The molecule has 1 heteroatoms. The van der Waals surface area contributed by atoms with Crippen LogP contribution in [0, 0.1) is 20.8 Å². The first-order valence-corrected chi connectivity index (χ1v) is 5.00. The fourth-order valence-electron chi connectivity index (χ4n) is 1.01. The average molecular weight is 201 g/mol. The maximum Gasteiger partial charge on any atom is 0.0623 e. The predicted molar refractivity (Wildman–Crippen MR) is 64.9 cm³/mol. The molecule has 0 aliphatic heterocycles. The molecule has 78 valence electrons. The topological polar surface area (TPSA) is 12.9 Å². The van der Waals surface area contributed by atoms with E-state index < -0.39 is 0 Å². The van der Waals surface area contributed by atoms with Crippen molar-refractivity contribution >= 4 is 0 Å². The van der Waals surface area contributed by atoms with Crippen molar-refractivity contribution in [1.82, 2.24) is 4.98 Å². The summed E-state index contributed by atoms with van der Waals surface area (Å²) in [6, 6.07) is 12.1. The van der Waals surface area contributed by atoms with Crippen LogP contribution in [0.25, 0.3) is 0 Å². The molecule has 0 saturated heterocycles. The average Bonchev–Trinajstić information content (AvgIpc) is 2.28. The molecule has 0 aliphatic rings. The summed E-state index contributed by atoms with van der Waals surface area (Å²) in [4.78, 5) is 4.08. The molecular weight excluding hydrogens is 182 g/mol. The van der Waals surface area contributed by atoms with E-state index >= 15 is 0 Å². The van der Waals surface area contributed by atoms with Crippen molar-refractivity contribution in [2.24, 2.45) is 0 Å². The molecule has 0 radical (unpaired) electrons. The number of hydrogen-bond acceptors (Lipinski definition) is 1. The minimum atomic E-state index is 0.579. The van der Waals surface area contributed by atoms with E-state index in [-0.39, 0.29) is 0 Å². The molecule has 0 fully saturated rings. The third-order valence-electron chi connectivity index (χ3n) is 1.94. The van der Waals surface area contributed by atoms with Crippen molar-refractivity contribution in [2.75, 3.05) is 0 Å². The molecule has 15 heavy (non-hydrogen) atoms. The molecular formula is C14H17N. The van der Waals surface area contributed by atoms with Gasteiger partial charge in [-0.15, -0.1) is 0 Å². The third kappa shape index (κ3) is 4.96. The molecule has 0 saturated carbocycles. The highest BCUT2D eigenvalue weighted by Gasteiger charge is 1.81. The molecule has 0 unspecified atom stereocenters. The predicted octanol–water partition coefficient (Wildman–Crippen LogP) is 3.69. The number of benzene rings is 1. The quantitative estimate of drug-likeness (QED) is 0.633. The van der Waals surface area contributed by atoms with Gasteiger partial charge in [-0.25, -0.2) is 0 Å². The summed E-state index contributed by atoms with van der Waals surface area (Å²) in [5.74, 6) is 0. The lowest BCUT2D eigenvalue weighted by atomic mass is 10.2. The van der Waals surface area contributed by atoms with Gasteiger partial charge in [0, 0.05) is 11.9 Å². The summed E-state index contributed by atoms with van der Waals surface area (Å²) in [5, 5.41) is 0. The molecule has 1 heterocycles. The number of rotatable bonds is 0. The fourth-order valence-corrected chi connectivity index (χ4v) is 1.01. The van der Waals surface area contributed by atoms with Gasteiger partial charge in [-0.1, -0.05) is 41.9 Å². The van der Waals surface area contributed by atoms with Crippen LogP contribution in [0.15, 0.2) is 48.6 Å². The van der Waals surface area contributed by atoms with Crippen molar-refractivity contribution in [3.63, 3.8) is 0 Å². The van der Waals surface area contributed by atoms with Crippen LogP contribution in [-0.2, 0) is 0 Å². The van der Waals surface area contributed by atoms with Crippen molar-refractivity contribution in [3.05, 3.63) is 65.5 Å². The Morgan fingerprint density at radius 1 is 0.933 bits per heavy atom. The standard InChI is InChI=1S/C7H9N.C7H8/c1-6-3-4-7(2)8-5-6;1-7-5-3-2-4-6-7/h3-5H,1-2H3;2-6H,1H3/i;2T. The van der Waals surface area contributed by atoms with Crippen molar-refractivity contribution < 1.29 is 1.37 Å². The minimum absolute atomic E-state index is 0.579. The first-order chi connectivity index (χ1) is 7.58. The summed E-state index contributed by atoms with van der Waals surface area (Å²) in [6.07, 6.45) is 1.87. The number of nitrogens with zero attached hydrogens (tertiary/aromatic N) is 1. The van der Waals surface area contributed by atoms with E-state index in [1.165, 1.54) is 11.1 Å². The second-order valence-corrected chi connectivity index (χ2v) is 3.55. The van der Waals surface area contributed by atoms with Crippen molar-refractivity contribution in [1.29, 1.82) is 0 Å². The number of pyridine rings is 1. The van der Waals surface area contributed by atoms with Gasteiger partial charge < -0.3 is 0 Å². The van der Waals surface area contributed by atoms with Crippen LogP contribution in [0.3, 0.4) is 0 Å². The zero-order valence-corrected chi connectivity index (χ0v) is 9.49. The van der Waals surface area contributed by atoms with Gasteiger partial charge in [0.15, 0.2) is 0 Å². The Morgan fingerprint density at radius 2 is 1.60 bits per heavy atom. The first kappa shape index (κ1) is 9.91. The zero-order valence-electron chi connectivity index (χ0n) is 10.5. The monoisotopic (exact) mass is 201 g/mol. The third-order valence-corrected chi connectivity index (χ3v) is 1.94. The normalized spacial score (nSPS) is 9.93. The van der Waals surface area contributed by atoms with Gasteiger partial charge in [0.05, 0.1) is 1.37 Å². The maximum atomic E-state index is 7.09. The Hall–Kier alpha value is -1.63. The molecule has 1 nitrogen and oxygen atoms in total. The fraction of sp³-hybridized carbons (Fsp3) is 0.214. The van der Waals surface area contributed by atoms with Crippen LogP contribution in [0.1, 0.15) is 18.2 Å². The number of aromatic nitrogens is 1. The van der Waals surface area contributed by atoms with Gasteiger partial charge >= 0.3 is 0 Å². The second kappa shape index (κ2) is 5.97. The highest BCUT2D eigenvalue weighted by Crippen LogP contribution is 1.94. The van der Waals surface area contributed by atoms with Gasteiger partial charge in [0.25, 0.3) is 0 Å². The smallest absolute Gasteiger partial charge is 0.0623 e. The molecule has 0 amide bonds. The zero-order chi connectivity index (χ0) is 12.0. The van der Waals surface area contributed by atoms with E-state index in [9.17, 15) is 0 Å². The highest BCUT2D eigenvalue weighted by atomic mass is 14.6. The van der Waals surface area contributed by atoms with E-state index in [2.05, 4.69) is 11.1 Å². The van der Waals surface area contributed by atoms with Crippen LogP contribution in [0.4, 0.5) is 0 Å². The Bertz CT molecular complexity index is 332. The maximum absolute atomic E-state index is 7.09. The first-order valence-electron chi connectivity index (χ1n) is 5.50. The lowest BCUT2D eigenvalue weighted by Gasteiger charge is -1.89. The van der Waals surface area contributed by atoms with E-state index in [4.69, 9.17) is 1.37 Å². The summed E-state index contributed by atoms with van der Waals surface area (Å²) >= 11 is 0. The molecule has 2 aromatic rings. The Balaban J connectivity index is 0.000000160. The molecule has 1 aromatic heterocycles. The summed E-state index contributed by atoms with van der Waals surface area (Å²) in [5.41, 5.74) is 3.51. The molecule has 1 aromatic carbocycles. The van der Waals surface area contributed by atoms with Crippen LogP contribution in [0.5, 0.6) is 0 Å². The van der Waals surface area contributed by atoms with Gasteiger partial charge in [-0.2, -0.15) is 0 Å². The van der Waals surface area contributed by atoms with Gasteiger partial charge in [-0.05, 0) is 32.4 Å². The van der Waals surface area contributed by atoms with E-state index in [1.54, 1.807) is 12.1 Å². The van der Waals surface area contributed by atoms with E-state index in [0.717, 1.165) is 5.69 Å². The van der Waals surface area contributed by atoms with Crippen molar-refractivity contribution in [2.45, 2.75) is 20.8 Å². The number of hydrogen-bond donors (Lipinski definition) is 0. The molecule has 0 spiro atoms. The molecule has 2 rings (SSSR count). The molecule has 0 atom stereocenters. The van der Waals surface area contributed by atoms with E-state index in [1.807, 2.05) is 45.2 Å². The lowest BCUT2D eigenvalue weighted by Crippen LogP contribution is -1.78. The van der Waals surface area contributed by atoms with Crippen LogP contribution >= 0.6 is 0 Å². The molecule has 0 bridgehead atoms. The Labute approximate surface area is 93.2 Å². The molecule has 0 aliphatic carbocycles. The van der Waals surface area contributed by atoms with Gasteiger partial charge in [-0.3, -0.25) is 4.98 Å². The Morgan fingerprint density at radius 3 is 2.00 bits per heavy atom. The lowest BCUT2D eigenvalue weighted by molar-refractivity contribution is 1.17. The van der Waals surface area contributed by atoms with Crippen LogP contribution in [0.2, 0.25) is 0 Å². The second-order valence-electron chi connectivity index (χ2n) is 3.55. The van der Waals surface area contributed by atoms with Gasteiger partial charge in [0.2, 0.25) is 0 Å². The van der Waals surface area contributed by atoms with Crippen molar-refractivity contribution in [3.8, 4) is 0 Å². The largest absolute Gasteiger partial charge is 0.261 e. The summed E-state index contributed by atoms with van der Waals surface area (Å²) < 4.78 is 7.09. The minimum Gasteiger partial charge on any atom is -0.261 e. The van der Waals surface area contributed by atoms with Crippen LogP contribution in [-0.4, -0.2) is 4.98 Å².